The third-order valence-corrected chi connectivity index (χ3v) is 7.51. The summed E-state index contributed by atoms with van der Waals surface area (Å²) in [6, 6.07) is -3.54. The van der Waals surface area contributed by atoms with Crippen molar-refractivity contribution in [1.82, 2.24) is 0 Å². The lowest BCUT2D eigenvalue weighted by atomic mass is 9.38. The average molecular weight is 646 g/mol. The van der Waals surface area contributed by atoms with Gasteiger partial charge in [-0.1, -0.05) is 0 Å². The normalized spacial score (nSPS) is 40.9. The molecule has 0 amide bonds. The van der Waals surface area contributed by atoms with Gasteiger partial charge in [0.05, 0.1) is 38.6 Å². The number of hydrogen-bond acceptors (Lipinski definition) is 8. The van der Waals surface area contributed by atoms with E-state index in [4.69, 9.17) is 11.5 Å². The van der Waals surface area contributed by atoms with E-state index in [1.54, 1.807) is 0 Å². The topological polar surface area (TPSA) is 129 Å². The SMILES string of the molecule is CC(N)COC12C(F)(F)C3(OCC(C)N)C(F)(F)C(OCC(C)O)(C1(F)F)C(F)(F)C(OCC(C)O)(C2(F)F)C3(F)F. The summed E-state index contributed by atoms with van der Waals surface area (Å²) in [5, 5.41) is 19.1. The molecule has 42 heavy (non-hydrogen) atoms. The van der Waals surface area contributed by atoms with Gasteiger partial charge in [-0.2, -0.15) is 52.7 Å². The maximum absolute atomic E-state index is 16.4. The van der Waals surface area contributed by atoms with Crippen molar-refractivity contribution >= 4 is 0 Å². The molecule has 6 N–H and O–H groups in total. The average Bonchev–Trinajstić information content (AvgIpc) is 2.75. The minimum atomic E-state index is -7.03. The third-order valence-electron chi connectivity index (χ3n) is 7.51. The minimum Gasteiger partial charge on any atom is -0.391 e. The molecule has 0 aromatic heterocycles. The number of hydrogen-bond donors (Lipinski definition) is 4. The molecule has 0 aliphatic heterocycles. The summed E-state index contributed by atoms with van der Waals surface area (Å²) in [5.41, 5.74) is -15.0. The van der Waals surface area contributed by atoms with E-state index in [1.807, 2.05) is 0 Å². The van der Waals surface area contributed by atoms with Crippen LogP contribution in [0.2, 0.25) is 0 Å². The Labute approximate surface area is 230 Å². The highest BCUT2D eigenvalue weighted by atomic mass is 19.3. The fraction of sp³-hybridized carbons (Fsp3) is 1.00. The number of alkyl halides is 12. The van der Waals surface area contributed by atoms with Crippen LogP contribution in [0.15, 0.2) is 0 Å². The summed E-state index contributed by atoms with van der Waals surface area (Å²) in [7, 11) is 0. The van der Waals surface area contributed by atoms with Crippen LogP contribution in [-0.4, -0.2) is 119 Å². The van der Waals surface area contributed by atoms with Gasteiger partial charge in [0.2, 0.25) is 0 Å². The van der Waals surface area contributed by atoms with Gasteiger partial charge in [-0.25, -0.2) is 0 Å². The lowest BCUT2D eigenvalue weighted by molar-refractivity contribution is -0.650. The van der Waals surface area contributed by atoms with E-state index in [2.05, 4.69) is 18.9 Å². The molecule has 4 fully saturated rings. The van der Waals surface area contributed by atoms with Gasteiger partial charge in [-0.3, -0.25) is 0 Å². The van der Waals surface area contributed by atoms with E-state index in [0.717, 1.165) is 13.8 Å². The van der Waals surface area contributed by atoms with E-state index in [0.29, 0.717) is 13.8 Å². The fourth-order valence-electron chi connectivity index (χ4n) is 5.95. The zero-order valence-corrected chi connectivity index (χ0v) is 22.4. The number of halogens is 12. The second-order valence-electron chi connectivity index (χ2n) is 11.1. The molecule has 4 atom stereocenters. The largest absolute Gasteiger partial charge is 0.391 e. The van der Waals surface area contributed by atoms with E-state index in [-0.39, 0.29) is 0 Å². The van der Waals surface area contributed by atoms with Crippen molar-refractivity contribution in [3.05, 3.63) is 0 Å². The van der Waals surface area contributed by atoms with Crippen LogP contribution >= 0.6 is 0 Å². The van der Waals surface area contributed by atoms with Crippen molar-refractivity contribution in [2.45, 2.75) is 110 Å². The molecular formula is C22H30F12N2O6. The molecule has 0 radical (unpaired) electrons. The highest BCUT2D eigenvalue weighted by molar-refractivity contribution is 5.55. The van der Waals surface area contributed by atoms with Crippen LogP contribution in [0, 0.1) is 0 Å². The van der Waals surface area contributed by atoms with Crippen LogP contribution in [0.4, 0.5) is 52.7 Å². The molecule has 4 aliphatic rings. The van der Waals surface area contributed by atoms with E-state index < -0.39 is 109 Å². The van der Waals surface area contributed by atoms with Crippen molar-refractivity contribution in [1.29, 1.82) is 0 Å². The standard InChI is InChI=1S/C22H30F12N2O6/c1-9(35)5-39-13-17(23,24)14(40-6-10(2)36)20(29,30)15(18(13,25)26,41-7-11(3)37)22(33,34)16(19(13,27)28,21(14,31)32)42-8-12(4)38/h9-12,37-38H,5-8,35-36H2,1-4H3. The molecular weight excluding hydrogens is 616 g/mol. The van der Waals surface area contributed by atoms with Crippen molar-refractivity contribution in [2.24, 2.45) is 11.5 Å². The predicted molar refractivity (Wildman–Crippen MR) is 115 cm³/mol. The zero-order chi connectivity index (χ0) is 33.0. The first-order chi connectivity index (χ1) is 18.7. The van der Waals surface area contributed by atoms with Gasteiger partial charge in [-0.05, 0) is 27.7 Å². The van der Waals surface area contributed by atoms with Gasteiger partial charge in [0.15, 0.2) is 0 Å². The van der Waals surface area contributed by atoms with Gasteiger partial charge in [0.1, 0.15) is 0 Å². The van der Waals surface area contributed by atoms with Gasteiger partial charge in [0, 0.05) is 12.1 Å². The highest BCUT2D eigenvalue weighted by Gasteiger charge is 3.22. The van der Waals surface area contributed by atoms with Crippen molar-refractivity contribution in [3.8, 4) is 0 Å². The predicted octanol–water partition coefficient (Wildman–Crippen LogP) is 2.32. The Hall–Kier alpha value is -1.16. The van der Waals surface area contributed by atoms with Crippen molar-refractivity contribution in [2.75, 3.05) is 26.4 Å². The van der Waals surface area contributed by atoms with E-state index >= 15 is 52.7 Å². The summed E-state index contributed by atoms with van der Waals surface area (Å²) < 4.78 is 213. The Morgan fingerprint density at radius 3 is 0.738 bits per heavy atom. The number of rotatable bonds is 12. The molecule has 4 aliphatic carbocycles. The summed E-state index contributed by atoms with van der Waals surface area (Å²) >= 11 is 0. The molecule has 0 aromatic rings. The number of aliphatic hydroxyl groups excluding tert-OH is 2. The number of aliphatic hydroxyl groups is 2. The first kappa shape index (κ1) is 35.3. The molecule has 4 bridgehead atoms. The second kappa shape index (κ2) is 9.67. The molecule has 4 unspecified atom stereocenters. The van der Waals surface area contributed by atoms with Crippen LogP contribution < -0.4 is 11.5 Å². The van der Waals surface area contributed by atoms with Crippen LogP contribution in [-0.2, 0) is 18.9 Å². The Kier molecular flexibility index (Phi) is 8.13. The molecule has 0 aromatic carbocycles. The summed E-state index contributed by atoms with van der Waals surface area (Å²) in [5.74, 6) is -42.0. The van der Waals surface area contributed by atoms with Gasteiger partial charge < -0.3 is 40.6 Å². The Morgan fingerprint density at radius 2 is 0.595 bits per heavy atom. The van der Waals surface area contributed by atoms with Gasteiger partial charge in [0.25, 0.3) is 22.4 Å². The van der Waals surface area contributed by atoms with Gasteiger partial charge in [-0.15, -0.1) is 0 Å². The van der Waals surface area contributed by atoms with Crippen LogP contribution in [0.3, 0.4) is 0 Å². The first-order valence-corrected chi connectivity index (χ1v) is 12.4. The summed E-state index contributed by atoms with van der Waals surface area (Å²) in [4.78, 5) is 0. The van der Waals surface area contributed by atoms with Crippen LogP contribution in [0.1, 0.15) is 27.7 Å². The zero-order valence-electron chi connectivity index (χ0n) is 22.4. The number of ether oxygens (including phenoxy) is 4. The highest BCUT2D eigenvalue weighted by Crippen LogP contribution is 2.88. The van der Waals surface area contributed by atoms with Crippen molar-refractivity contribution in [3.63, 3.8) is 0 Å². The molecule has 20 heteroatoms. The fourth-order valence-corrected chi connectivity index (χ4v) is 5.95. The molecule has 4 rings (SSSR count). The Balaban J connectivity index is 2.73. The maximum atomic E-state index is 16.4. The van der Waals surface area contributed by atoms with E-state index in [1.165, 1.54) is 0 Å². The third kappa shape index (κ3) is 3.25. The van der Waals surface area contributed by atoms with Gasteiger partial charge >= 0.3 is 35.5 Å². The molecule has 0 heterocycles. The summed E-state index contributed by atoms with van der Waals surface area (Å²) in [6.07, 6.45) is -4.50. The van der Waals surface area contributed by atoms with E-state index in [9.17, 15) is 10.2 Å². The molecule has 0 spiro atoms. The lowest BCUT2D eigenvalue weighted by Crippen LogP contribution is -3.12. The molecule has 248 valence electrons. The molecule has 4 saturated carbocycles. The Morgan fingerprint density at radius 1 is 0.429 bits per heavy atom. The number of nitrogens with two attached hydrogens (primary N) is 2. The quantitative estimate of drug-likeness (QED) is 0.238. The van der Waals surface area contributed by atoms with Crippen molar-refractivity contribution < 1.29 is 81.8 Å². The Bertz CT molecular complexity index is 804. The van der Waals surface area contributed by atoms with Crippen LogP contribution in [0.5, 0.6) is 0 Å². The smallest absolute Gasteiger partial charge is 0.329 e. The maximum Gasteiger partial charge on any atom is 0.329 e. The molecule has 0 saturated heterocycles. The first-order valence-electron chi connectivity index (χ1n) is 12.4. The minimum absolute atomic E-state index is 0.581. The second-order valence-corrected chi connectivity index (χ2v) is 11.1. The summed E-state index contributed by atoms with van der Waals surface area (Å²) in [6.45, 7) is -5.03. The molecule has 8 nitrogen and oxygen atoms in total. The lowest BCUT2D eigenvalue weighted by Gasteiger charge is -2.79. The monoisotopic (exact) mass is 646 g/mol. The van der Waals surface area contributed by atoms with Crippen LogP contribution in [0.25, 0.3) is 0 Å².